The number of hydrogen-bond donors (Lipinski definition) is 3. The van der Waals surface area contributed by atoms with Crippen LogP contribution in [0.25, 0.3) is 0 Å². The number of carbonyl (C=O) groups is 1. The van der Waals surface area contributed by atoms with Crippen molar-refractivity contribution in [1.82, 2.24) is 4.98 Å². The van der Waals surface area contributed by atoms with E-state index in [2.05, 4.69) is 15.2 Å². The number of primary amides is 1. The van der Waals surface area contributed by atoms with Crippen LogP contribution in [0.5, 0.6) is 0 Å². The summed E-state index contributed by atoms with van der Waals surface area (Å²) in [4.78, 5) is 30.8. The number of hydrogen-bond acceptors (Lipinski definition) is 8. The summed E-state index contributed by atoms with van der Waals surface area (Å²) in [5.41, 5.74) is 12.5. The van der Waals surface area contributed by atoms with Crippen LogP contribution in [0.15, 0.2) is 36.4 Å². The summed E-state index contributed by atoms with van der Waals surface area (Å²) >= 11 is 0. The Labute approximate surface area is 190 Å². The molecule has 3 heterocycles. The smallest absolute Gasteiger partial charge is 0.311 e. The van der Waals surface area contributed by atoms with Gasteiger partial charge in [-0.2, -0.15) is 0 Å². The minimum Gasteiger partial charge on any atom is -0.369 e. The van der Waals surface area contributed by atoms with E-state index in [9.17, 15) is 19.3 Å². The first-order valence-electron chi connectivity index (χ1n) is 11.0. The maximum absolute atomic E-state index is 14.3. The molecule has 0 spiro atoms. The van der Waals surface area contributed by atoms with Gasteiger partial charge in [0.05, 0.1) is 10.8 Å². The van der Waals surface area contributed by atoms with Crippen molar-refractivity contribution < 1.29 is 14.1 Å². The van der Waals surface area contributed by atoms with E-state index in [0.29, 0.717) is 24.5 Å². The Morgan fingerprint density at radius 2 is 1.76 bits per heavy atom. The molecule has 10 nitrogen and oxygen atoms in total. The molecule has 1 amide bonds. The summed E-state index contributed by atoms with van der Waals surface area (Å²) in [6, 6.07) is 10.4. The largest absolute Gasteiger partial charge is 0.369 e. The summed E-state index contributed by atoms with van der Waals surface area (Å²) in [6.45, 7) is 2.12. The van der Waals surface area contributed by atoms with Gasteiger partial charge < -0.3 is 26.6 Å². The first kappa shape index (κ1) is 22.7. The minimum atomic E-state index is -1.31. The highest BCUT2D eigenvalue weighted by atomic mass is 19.1. The van der Waals surface area contributed by atoms with Crippen LogP contribution in [0, 0.1) is 16.0 Å². The third-order valence-corrected chi connectivity index (χ3v) is 6.32. The maximum atomic E-state index is 14.3. The van der Waals surface area contributed by atoms with Gasteiger partial charge in [-0.15, -0.1) is 0 Å². The van der Waals surface area contributed by atoms with Gasteiger partial charge in [0.2, 0.25) is 11.7 Å². The summed E-state index contributed by atoms with van der Waals surface area (Å²) in [6.07, 6.45) is 0.743. The van der Waals surface area contributed by atoms with E-state index in [1.165, 1.54) is 6.07 Å². The monoisotopic (exact) mass is 457 g/mol. The number of nitrogens with zero attached hydrogens (tertiary/aromatic N) is 4. The zero-order valence-electron chi connectivity index (χ0n) is 18.2. The van der Waals surface area contributed by atoms with E-state index in [0.717, 1.165) is 31.6 Å². The SMILES string of the molecule is NC(=O)C1CCN(c2ccc(Nc3nc(N4CCC(N)CC4)ccc3[N+](=O)[O-])cc2)CC1F. The number of rotatable bonds is 6. The Balaban J connectivity index is 1.48. The second-order valence-electron chi connectivity index (χ2n) is 8.55. The number of piperidine rings is 2. The van der Waals surface area contributed by atoms with Crippen LogP contribution in [-0.2, 0) is 4.79 Å². The molecule has 2 fully saturated rings. The van der Waals surface area contributed by atoms with Crippen LogP contribution in [0.3, 0.4) is 0 Å². The summed E-state index contributed by atoms with van der Waals surface area (Å²) in [7, 11) is 0. The molecule has 2 aliphatic heterocycles. The number of nitrogens with one attached hydrogen (secondary N) is 1. The Morgan fingerprint density at radius 3 is 2.36 bits per heavy atom. The van der Waals surface area contributed by atoms with Crippen molar-refractivity contribution in [2.24, 2.45) is 17.4 Å². The number of benzene rings is 1. The summed E-state index contributed by atoms with van der Waals surface area (Å²) in [5, 5.41) is 14.6. The van der Waals surface area contributed by atoms with E-state index < -0.39 is 22.9 Å². The predicted molar refractivity (Wildman–Crippen MR) is 124 cm³/mol. The van der Waals surface area contributed by atoms with Gasteiger partial charge in [-0.1, -0.05) is 0 Å². The number of amides is 1. The average molecular weight is 458 g/mol. The highest BCUT2D eigenvalue weighted by molar-refractivity contribution is 5.78. The highest BCUT2D eigenvalue weighted by Gasteiger charge is 2.33. The number of alkyl halides is 1. The highest BCUT2D eigenvalue weighted by Crippen LogP contribution is 2.31. The van der Waals surface area contributed by atoms with E-state index in [-0.39, 0.29) is 24.1 Å². The zero-order valence-corrected chi connectivity index (χ0v) is 18.2. The Bertz CT molecular complexity index is 1010. The van der Waals surface area contributed by atoms with Crippen molar-refractivity contribution in [3.63, 3.8) is 0 Å². The molecule has 1 aromatic heterocycles. The standard InChI is InChI=1S/C22H28FN7O3/c23-18-13-29(12-9-17(18)21(25)31)16-3-1-15(2-4-16)26-22-19(30(32)33)5-6-20(27-22)28-10-7-14(24)8-11-28/h1-6,14,17-18H,7-13,24H2,(H2,25,31)(H,26,27). The molecule has 0 radical (unpaired) electrons. The molecular formula is C22H28FN7O3. The number of nitrogens with two attached hydrogens (primary N) is 2. The quantitative estimate of drug-likeness (QED) is 0.443. The number of aromatic nitrogens is 1. The third kappa shape index (κ3) is 5.14. The second-order valence-corrected chi connectivity index (χ2v) is 8.55. The van der Waals surface area contributed by atoms with Gasteiger partial charge in [0.15, 0.2) is 0 Å². The molecule has 2 saturated heterocycles. The Morgan fingerprint density at radius 1 is 1.09 bits per heavy atom. The molecule has 4 rings (SSSR count). The van der Waals surface area contributed by atoms with Crippen LogP contribution < -0.4 is 26.6 Å². The van der Waals surface area contributed by atoms with Crippen molar-refractivity contribution in [2.75, 3.05) is 41.3 Å². The fraction of sp³-hybridized carbons (Fsp3) is 0.455. The topological polar surface area (TPSA) is 144 Å². The predicted octanol–water partition coefficient (Wildman–Crippen LogP) is 2.31. The molecule has 2 atom stereocenters. The lowest BCUT2D eigenvalue weighted by Crippen LogP contribution is -2.46. The van der Waals surface area contributed by atoms with E-state index in [1.54, 1.807) is 30.3 Å². The average Bonchev–Trinajstić information content (AvgIpc) is 2.79. The molecular weight excluding hydrogens is 429 g/mol. The molecule has 1 aromatic carbocycles. The van der Waals surface area contributed by atoms with Crippen LogP contribution in [0.2, 0.25) is 0 Å². The van der Waals surface area contributed by atoms with Crippen molar-refractivity contribution in [2.45, 2.75) is 31.5 Å². The lowest BCUT2D eigenvalue weighted by Gasteiger charge is -2.34. The van der Waals surface area contributed by atoms with Crippen LogP contribution in [-0.4, -0.2) is 54.2 Å². The molecule has 0 aliphatic carbocycles. The molecule has 33 heavy (non-hydrogen) atoms. The molecule has 176 valence electrons. The van der Waals surface area contributed by atoms with Crippen molar-refractivity contribution in [3.05, 3.63) is 46.5 Å². The number of carbonyl (C=O) groups excluding carboxylic acids is 1. The lowest BCUT2D eigenvalue weighted by molar-refractivity contribution is -0.384. The number of nitro groups is 1. The molecule has 0 saturated carbocycles. The molecule has 5 N–H and O–H groups in total. The Kier molecular flexibility index (Phi) is 6.59. The molecule has 2 unspecified atom stereocenters. The van der Waals surface area contributed by atoms with Gasteiger partial charge in [-0.3, -0.25) is 14.9 Å². The third-order valence-electron chi connectivity index (χ3n) is 6.32. The van der Waals surface area contributed by atoms with Gasteiger partial charge in [-0.05, 0) is 49.6 Å². The van der Waals surface area contributed by atoms with Gasteiger partial charge in [0.25, 0.3) is 0 Å². The fourth-order valence-corrected chi connectivity index (χ4v) is 4.34. The molecule has 0 bridgehead atoms. The Hall–Kier alpha value is -3.47. The number of pyridine rings is 1. The van der Waals surface area contributed by atoms with Crippen molar-refractivity contribution in [3.8, 4) is 0 Å². The van der Waals surface area contributed by atoms with Gasteiger partial charge in [-0.25, -0.2) is 9.37 Å². The minimum absolute atomic E-state index is 0.0922. The zero-order chi connectivity index (χ0) is 23.5. The molecule has 2 aliphatic rings. The second kappa shape index (κ2) is 9.57. The van der Waals surface area contributed by atoms with Crippen LogP contribution in [0.4, 0.5) is 33.1 Å². The maximum Gasteiger partial charge on any atom is 0.311 e. The van der Waals surface area contributed by atoms with Crippen molar-refractivity contribution in [1.29, 1.82) is 0 Å². The normalized spacial score (nSPS) is 21.6. The molecule has 2 aromatic rings. The lowest BCUT2D eigenvalue weighted by atomic mass is 9.94. The van der Waals surface area contributed by atoms with Gasteiger partial charge in [0, 0.05) is 49.7 Å². The summed E-state index contributed by atoms with van der Waals surface area (Å²) < 4.78 is 14.3. The van der Waals surface area contributed by atoms with Gasteiger partial charge >= 0.3 is 5.69 Å². The summed E-state index contributed by atoms with van der Waals surface area (Å²) in [5.74, 6) is -0.536. The van der Waals surface area contributed by atoms with E-state index >= 15 is 0 Å². The first-order valence-corrected chi connectivity index (χ1v) is 11.0. The number of halogens is 1. The van der Waals surface area contributed by atoms with Crippen LogP contribution in [0.1, 0.15) is 19.3 Å². The van der Waals surface area contributed by atoms with Gasteiger partial charge in [0.1, 0.15) is 12.0 Å². The molecule has 11 heteroatoms. The number of anilines is 4. The fourth-order valence-electron chi connectivity index (χ4n) is 4.34. The van der Waals surface area contributed by atoms with Crippen LogP contribution >= 0.6 is 0 Å². The first-order chi connectivity index (χ1) is 15.8. The van der Waals surface area contributed by atoms with E-state index in [1.807, 2.05) is 4.90 Å². The van der Waals surface area contributed by atoms with E-state index in [4.69, 9.17) is 11.5 Å². The van der Waals surface area contributed by atoms with Crippen molar-refractivity contribution >= 4 is 34.6 Å².